The molecule has 2 aliphatic rings. The third-order valence-electron chi connectivity index (χ3n) is 7.25. The van der Waals surface area contributed by atoms with E-state index in [1.165, 1.54) is 15.8 Å². The predicted octanol–water partition coefficient (Wildman–Crippen LogP) is 2.80. The number of carbonyl (C=O) groups excluding carboxylic acids is 1. The Labute approximate surface area is 188 Å². The van der Waals surface area contributed by atoms with Gasteiger partial charge in [-0.05, 0) is 56.3 Å². The third kappa shape index (κ3) is 3.84. The normalized spacial score (nSPS) is 19.2. The van der Waals surface area contributed by atoms with Gasteiger partial charge in [-0.3, -0.25) is 14.5 Å². The Morgan fingerprint density at radius 2 is 1.72 bits per heavy atom. The molecule has 2 aromatic carbocycles. The highest BCUT2D eigenvalue weighted by Gasteiger charge is 2.33. The van der Waals surface area contributed by atoms with E-state index < -0.39 is 0 Å². The summed E-state index contributed by atoms with van der Waals surface area (Å²) in [5.41, 5.74) is 3.48. The summed E-state index contributed by atoms with van der Waals surface area (Å²) in [4.78, 5) is 30.4. The zero-order valence-corrected chi connectivity index (χ0v) is 18.8. The van der Waals surface area contributed by atoms with Crippen molar-refractivity contribution in [2.75, 3.05) is 20.1 Å². The minimum Gasteiger partial charge on any atom is -0.340 e. The van der Waals surface area contributed by atoms with Crippen LogP contribution in [0.3, 0.4) is 0 Å². The van der Waals surface area contributed by atoms with Gasteiger partial charge < -0.3 is 4.90 Å². The standard InChI is InChI=1S/C26H30N4O2/c1-18-23-11-5-6-12-24(23)26(32)30(27-18)17-25(31)28(2)21-10-7-13-29(16-21)22-14-19-8-3-4-9-20(19)15-22/h3-6,8-9,11-12,21-22H,7,10,13-17H2,1-2H3. The highest BCUT2D eigenvalue weighted by molar-refractivity contribution is 5.83. The molecule has 6 nitrogen and oxygen atoms in total. The van der Waals surface area contributed by atoms with E-state index in [0.717, 1.165) is 49.9 Å². The van der Waals surface area contributed by atoms with Crippen molar-refractivity contribution >= 4 is 16.7 Å². The molecule has 1 atom stereocenters. The molecule has 0 spiro atoms. The second-order valence-electron chi connectivity index (χ2n) is 9.22. The molecule has 1 aromatic heterocycles. The van der Waals surface area contributed by atoms with E-state index >= 15 is 0 Å². The van der Waals surface area contributed by atoms with Crippen LogP contribution in [0.1, 0.15) is 29.7 Å². The lowest BCUT2D eigenvalue weighted by molar-refractivity contribution is -0.134. The topological polar surface area (TPSA) is 58.4 Å². The molecular weight excluding hydrogens is 400 g/mol. The van der Waals surface area contributed by atoms with Crippen LogP contribution >= 0.6 is 0 Å². The largest absolute Gasteiger partial charge is 0.340 e. The third-order valence-corrected chi connectivity index (χ3v) is 7.25. The minimum atomic E-state index is -0.207. The number of amides is 1. The second kappa shape index (κ2) is 8.51. The zero-order valence-electron chi connectivity index (χ0n) is 18.8. The maximum Gasteiger partial charge on any atom is 0.275 e. The molecule has 6 heteroatoms. The van der Waals surface area contributed by atoms with Crippen molar-refractivity contribution in [1.82, 2.24) is 19.6 Å². The lowest BCUT2D eigenvalue weighted by Gasteiger charge is -2.40. The number of benzene rings is 2. The van der Waals surface area contributed by atoms with Gasteiger partial charge in [0.1, 0.15) is 6.54 Å². The molecule has 1 fully saturated rings. The SMILES string of the molecule is Cc1nn(CC(=O)N(C)C2CCCN(C3Cc4ccccc4C3)C2)c(=O)c2ccccc12. The average Bonchev–Trinajstić information content (AvgIpc) is 3.26. The van der Waals surface area contributed by atoms with Crippen molar-refractivity contribution in [3.63, 3.8) is 0 Å². The van der Waals surface area contributed by atoms with Gasteiger partial charge in [0.05, 0.1) is 11.1 Å². The number of hydrogen-bond donors (Lipinski definition) is 0. The van der Waals surface area contributed by atoms with Gasteiger partial charge in [-0.25, -0.2) is 4.68 Å². The fraction of sp³-hybridized carbons (Fsp3) is 0.423. The van der Waals surface area contributed by atoms with Crippen LogP contribution in [0.4, 0.5) is 0 Å². The lowest BCUT2D eigenvalue weighted by atomic mass is 10.0. The molecule has 1 aliphatic carbocycles. The summed E-state index contributed by atoms with van der Waals surface area (Å²) in [5.74, 6) is -0.0594. The van der Waals surface area contributed by atoms with Crippen molar-refractivity contribution < 1.29 is 4.79 Å². The fourth-order valence-electron chi connectivity index (χ4n) is 5.38. The zero-order chi connectivity index (χ0) is 22.2. The van der Waals surface area contributed by atoms with E-state index in [2.05, 4.69) is 34.3 Å². The van der Waals surface area contributed by atoms with Crippen molar-refractivity contribution in [3.05, 3.63) is 75.7 Å². The van der Waals surface area contributed by atoms with Gasteiger partial charge in [-0.2, -0.15) is 5.10 Å². The van der Waals surface area contributed by atoms with E-state index in [1.807, 2.05) is 37.1 Å². The highest BCUT2D eigenvalue weighted by atomic mass is 16.2. The number of hydrogen-bond acceptors (Lipinski definition) is 4. The van der Waals surface area contributed by atoms with E-state index in [-0.39, 0.29) is 24.1 Å². The van der Waals surface area contributed by atoms with Crippen LogP contribution in [0, 0.1) is 6.92 Å². The minimum absolute atomic E-state index is 0.0215. The first-order valence-corrected chi connectivity index (χ1v) is 11.5. The maximum atomic E-state index is 13.1. The first-order valence-electron chi connectivity index (χ1n) is 11.5. The Morgan fingerprint density at radius 1 is 1.06 bits per heavy atom. The predicted molar refractivity (Wildman–Crippen MR) is 126 cm³/mol. The first-order chi connectivity index (χ1) is 15.5. The lowest BCUT2D eigenvalue weighted by Crippen LogP contribution is -2.52. The number of aromatic nitrogens is 2. The molecule has 0 radical (unpaired) electrons. The molecule has 0 N–H and O–H groups in total. The number of carbonyl (C=O) groups is 1. The van der Waals surface area contributed by atoms with Gasteiger partial charge in [0, 0.05) is 31.1 Å². The summed E-state index contributed by atoms with van der Waals surface area (Å²) in [7, 11) is 1.87. The molecular formula is C26H30N4O2. The quantitative estimate of drug-likeness (QED) is 0.639. The Kier molecular flexibility index (Phi) is 5.55. The van der Waals surface area contributed by atoms with Crippen molar-refractivity contribution in [2.45, 2.75) is 51.2 Å². The summed E-state index contributed by atoms with van der Waals surface area (Å²) in [5, 5.41) is 5.87. The number of likely N-dealkylation sites (N-methyl/N-ethyl adjacent to an activating group) is 1. The summed E-state index contributed by atoms with van der Waals surface area (Å²) >= 11 is 0. The summed E-state index contributed by atoms with van der Waals surface area (Å²) < 4.78 is 1.32. The monoisotopic (exact) mass is 430 g/mol. The summed E-state index contributed by atoms with van der Waals surface area (Å²) in [6.45, 7) is 3.83. The molecule has 1 saturated heterocycles. The number of nitrogens with zero attached hydrogens (tertiary/aromatic N) is 4. The molecule has 1 aliphatic heterocycles. The van der Waals surface area contributed by atoms with Crippen LogP contribution in [0.5, 0.6) is 0 Å². The van der Waals surface area contributed by atoms with Gasteiger partial charge in [0.15, 0.2) is 0 Å². The number of likely N-dealkylation sites (tertiary alicyclic amines) is 1. The molecule has 166 valence electrons. The Morgan fingerprint density at radius 3 is 2.44 bits per heavy atom. The van der Waals surface area contributed by atoms with Gasteiger partial charge in [0.2, 0.25) is 5.91 Å². The highest BCUT2D eigenvalue weighted by Crippen LogP contribution is 2.28. The molecule has 5 rings (SSSR count). The maximum absolute atomic E-state index is 13.1. The van der Waals surface area contributed by atoms with Crippen LogP contribution in [0.25, 0.3) is 10.8 Å². The van der Waals surface area contributed by atoms with Crippen LogP contribution in [0.2, 0.25) is 0 Å². The van der Waals surface area contributed by atoms with Crippen molar-refractivity contribution in [3.8, 4) is 0 Å². The number of aryl methyl sites for hydroxylation is 1. The van der Waals surface area contributed by atoms with Crippen LogP contribution in [0.15, 0.2) is 53.3 Å². The first kappa shape index (κ1) is 20.9. The molecule has 0 bridgehead atoms. The second-order valence-corrected chi connectivity index (χ2v) is 9.22. The summed E-state index contributed by atoms with van der Waals surface area (Å²) in [6.07, 6.45) is 4.27. The molecule has 0 saturated carbocycles. The fourth-order valence-corrected chi connectivity index (χ4v) is 5.38. The van der Waals surface area contributed by atoms with Gasteiger partial charge >= 0.3 is 0 Å². The van der Waals surface area contributed by atoms with Crippen LogP contribution < -0.4 is 5.56 Å². The Balaban J connectivity index is 1.28. The van der Waals surface area contributed by atoms with E-state index in [9.17, 15) is 9.59 Å². The van der Waals surface area contributed by atoms with Gasteiger partial charge in [-0.15, -0.1) is 0 Å². The van der Waals surface area contributed by atoms with E-state index in [1.54, 1.807) is 6.07 Å². The molecule has 1 amide bonds. The van der Waals surface area contributed by atoms with Crippen molar-refractivity contribution in [2.24, 2.45) is 0 Å². The molecule has 2 heterocycles. The van der Waals surface area contributed by atoms with E-state index in [4.69, 9.17) is 0 Å². The Bertz CT molecular complexity index is 1190. The number of piperidine rings is 1. The van der Waals surface area contributed by atoms with Crippen molar-refractivity contribution in [1.29, 1.82) is 0 Å². The van der Waals surface area contributed by atoms with Gasteiger partial charge in [0.25, 0.3) is 5.56 Å². The average molecular weight is 431 g/mol. The van der Waals surface area contributed by atoms with E-state index in [0.29, 0.717) is 11.4 Å². The number of rotatable bonds is 4. The Hall–Kier alpha value is -2.99. The smallest absolute Gasteiger partial charge is 0.275 e. The molecule has 32 heavy (non-hydrogen) atoms. The molecule has 1 unspecified atom stereocenters. The van der Waals surface area contributed by atoms with Gasteiger partial charge in [-0.1, -0.05) is 42.5 Å². The van der Waals surface area contributed by atoms with Crippen LogP contribution in [-0.2, 0) is 24.2 Å². The molecule has 3 aromatic rings. The summed E-state index contributed by atoms with van der Waals surface area (Å²) in [6, 6.07) is 16.9. The number of fused-ring (bicyclic) bond motifs is 2. The van der Waals surface area contributed by atoms with Crippen LogP contribution in [-0.4, -0.2) is 57.7 Å².